The average molecular weight is 326 g/mol. The van der Waals surface area contributed by atoms with Crippen molar-refractivity contribution in [2.24, 2.45) is 0 Å². The van der Waals surface area contributed by atoms with Gasteiger partial charge in [0.1, 0.15) is 0 Å². The normalized spacial score (nSPS) is 15.7. The molecule has 0 spiro atoms. The number of nitrogens with zero attached hydrogens (tertiary/aromatic N) is 3. The number of amides is 1. The molecule has 1 aromatic carbocycles. The predicted octanol–water partition coefficient (Wildman–Crippen LogP) is 1.87. The standard InChI is InChI=1S/C18H22N4O2/c23-18(7-6-16-4-2-1-3-5-16)20-17-14-19-22(15-17)9-8-21-10-12-24-13-11-21/h1-7,14-15H,8-13H2,(H,20,23)/b7-6+. The summed E-state index contributed by atoms with van der Waals surface area (Å²) in [6.45, 7) is 5.27. The first-order valence-electron chi connectivity index (χ1n) is 8.16. The van der Waals surface area contributed by atoms with Crippen LogP contribution >= 0.6 is 0 Å². The van der Waals surface area contributed by atoms with E-state index in [9.17, 15) is 4.79 Å². The number of rotatable bonds is 6. The maximum atomic E-state index is 11.9. The Morgan fingerprint density at radius 2 is 2.00 bits per heavy atom. The van der Waals surface area contributed by atoms with Crippen LogP contribution in [0, 0.1) is 0 Å². The van der Waals surface area contributed by atoms with Crippen molar-refractivity contribution in [2.75, 3.05) is 38.2 Å². The molecule has 2 aromatic rings. The van der Waals surface area contributed by atoms with Gasteiger partial charge in [-0.3, -0.25) is 14.4 Å². The van der Waals surface area contributed by atoms with Gasteiger partial charge in [0, 0.05) is 31.9 Å². The molecule has 0 saturated carbocycles. The Bertz CT molecular complexity index is 675. The summed E-state index contributed by atoms with van der Waals surface area (Å²) in [4.78, 5) is 14.3. The molecule has 0 radical (unpaired) electrons. The van der Waals surface area contributed by atoms with Gasteiger partial charge in [-0.15, -0.1) is 0 Å². The highest BCUT2D eigenvalue weighted by atomic mass is 16.5. The Hall–Kier alpha value is -2.44. The maximum Gasteiger partial charge on any atom is 0.248 e. The lowest BCUT2D eigenvalue weighted by Crippen LogP contribution is -2.38. The summed E-state index contributed by atoms with van der Waals surface area (Å²) in [7, 11) is 0. The zero-order chi connectivity index (χ0) is 16.6. The van der Waals surface area contributed by atoms with Gasteiger partial charge in [-0.2, -0.15) is 5.10 Å². The molecule has 0 atom stereocenters. The third-order valence-corrected chi connectivity index (χ3v) is 3.88. The second-order valence-electron chi connectivity index (χ2n) is 5.68. The second-order valence-corrected chi connectivity index (χ2v) is 5.68. The van der Waals surface area contributed by atoms with Gasteiger partial charge in [0.15, 0.2) is 0 Å². The number of hydrogen-bond donors (Lipinski definition) is 1. The molecule has 1 amide bonds. The van der Waals surface area contributed by atoms with E-state index in [1.165, 1.54) is 6.08 Å². The molecule has 2 heterocycles. The van der Waals surface area contributed by atoms with Gasteiger partial charge >= 0.3 is 0 Å². The summed E-state index contributed by atoms with van der Waals surface area (Å²) in [5.74, 6) is -0.161. The number of nitrogens with one attached hydrogen (secondary N) is 1. The first kappa shape index (κ1) is 16.4. The molecule has 1 aliphatic rings. The number of hydrogen-bond acceptors (Lipinski definition) is 4. The van der Waals surface area contributed by atoms with Crippen LogP contribution in [0.2, 0.25) is 0 Å². The van der Waals surface area contributed by atoms with Gasteiger partial charge in [0.25, 0.3) is 0 Å². The molecule has 1 aliphatic heterocycles. The van der Waals surface area contributed by atoms with Gasteiger partial charge in [-0.1, -0.05) is 30.3 Å². The minimum absolute atomic E-state index is 0.161. The van der Waals surface area contributed by atoms with Crippen molar-refractivity contribution in [3.63, 3.8) is 0 Å². The second kappa shape index (κ2) is 8.42. The summed E-state index contributed by atoms with van der Waals surface area (Å²) in [5, 5.41) is 7.12. The number of anilines is 1. The van der Waals surface area contributed by atoms with Crippen LogP contribution in [0.25, 0.3) is 6.08 Å². The van der Waals surface area contributed by atoms with Crippen LogP contribution in [-0.2, 0) is 16.1 Å². The van der Waals surface area contributed by atoms with Crippen LogP contribution in [-0.4, -0.2) is 53.4 Å². The fraction of sp³-hybridized carbons (Fsp3) is 0.333. The van der Waals surface area contributed by atoms with Gasteiger partial charge < -0.3 is 10.1 Å². The molecule has 1 saturated heterocycles. The lowest BCUT2D eigenvalue weighted by atomic mass is 10.2. The molecular formula is C18H22N4O2. The van der Waals surface area contributed by atoms with Gasteiger partial charge in [0.2, 0.25) is 5.91 Å². The first-order valence-corrected chi connectivity index (χ1v) is 8.16. The van der Waals surface area contributed by atoms with Crippen LogP contribution in [0.4, 0.5) is 5.69 Å². The summed E-state index contributed by atoms with van der Waals surface area (Å²) in [5.41, 5.74) is 1.70. The molecule has 3 rings (SSSR count). The van der Waals surface area contributed by atoms with Crippen LogP contribution in [0.15, 0.2) is 48.8 Å². The van der Waals surface area contributed by atoms with Gasteiger partial charge in [0.05, 0.1) is 31.6 Å². The molecule has 126 valence electrons. The molecule has 1 aromatic heterocycles. The molecule has 1 fully saturated rings. The average Bonchev–Trinajstić information content (AvgIpc) is 3.07. The monoisotopic (exact) mass is 326 g/mol. The zero-order valence-corrected chi connectivity index (χ0v) is 13.6. The lowest BCUT2D eigenvalue weighted by Gasteiger charge is -2.26. The number of morpholine rings is 1. The Labute approximate surface area is 141 Å². The molecule has 6 nitrogen and oxygen atoms in total. The van der Waals surface area contributed by atoms with Gasteiger partial charge in [-0.05, 0) is 11.6 Å². The number of carbonyl (C=O) groups is 1. The molecule has 1 N–H and O–H groups in total. The molecular weight excluding hydrogens is 304 g/mol. The van der Waals surface area contributed by atoms with Crippen molar-refractivity contribution < 1.29 is 9.53 Å². The van der Waals surface area contributed by atoms with E-state index < -0.39 is 0 Å². The highest BCUT2D eigenvalue weighted by Gasteiger charge is 2.10. The quantitative estimate of drug-likeness (QED) is 0.823. The topological polar surface area (TPSA) is 59.4 Å². The molecule has 6 heteroatoms. The fourth-order valence-corrected chi connectivity index (χ4v) is 2.54. The van der Waals surface area contributed by atoms with Crippen LogP contribution in [0.3, 0.4) is 0 Å². The predicted molar refractivity (Wildman–Crippen MR) is 93.6 cm³/mol. The number of carbonyl (C=O) groups excluding carboxylic acids is 1. The summed E-state index contributed by atoms with van der Waals surface area (Å²) >= 11 is 0. The number of benzene rings is 1. The largest absolute Gasteiger partial charge is 0.379 e. The third-order valence-electron chi connectivity index (χ3n) is 3.88. The van der Waals surface area contributed by atoms with E-state index in [2.05, 4.69) is 15.3 Å². The fourth-order valence-electron chi connectivity index (χ4n) is 2.54. The molecule has 24 heavy (non-hydrogen) atoms. The van der Waals surface area contributed by atoms with Crippen molar-refractivity contribution in [1.29, 1.82) is 0 Å². The van der Waals surface area contributed by atoms with E-state index in [0.717, 1.165) is 45.0 Å². The Balaban J connectivity index is 1.46. The SMILES string of the molecule is O=C(/C=C/c1ccccc1)Nc1cnn(CCN2CCOCC2)c1. The van der Waals surface area contributed by atoms with Gasteiger partial charge in [-0.25, -0.2) is 0 Å². The van der Waals surface area contributed by atoms with E-state index in [-0.39, 0.29) is 5.91 Å². The first-order chi connectivity index (χ1) is 11.8. The van der Waals surface area contributed by atoms with E-state index in [0.29, 0.717) is 5.69 Å². The third kappa shape index (κ3) is 5.04. The van der Waals surface area contributed by atoms with Crippen LogP contribution in [0.1, 0.15) is 5.56 Å². The zero-order valence-electron chi connectivity index (χ0n) is 13.6. The molecule has 0 bridgehead atoms. The molecule has 0 unspecified atom stereocenters. The Morgan fingerprint density at radius 3 is 2.79 bits per heavy atom. The molecule has 0 aliphatic carbocycles. The van der Waals surface area contributed by atoms with Crippen molar-refractivity contribution in [1.82, 2.24) is 14.7 Å². The van der Waals surface area contributed by atoms with Crippen LogP contribution < -0.4 is 5.32 Å². The van der Waals surface area contributed by atoms with Crippen molar-refractivity contribution in [2.45, 2.75) is 6.54 Å². The highest BCUT2D eigenvalue weighted by molar-refractivity contribution is 6.01. The summed E-state index contributed by atoms with van der Waals surface area (Å²) < 4.78 is 7.19. The van der Waals surface area contributed by atoms with E-state index in [1.807, 2.05) is 41.2 Å². The Kier molecular flexibility index (Phi) is 5.76. The minimum Gasteiger partial charge on any atom is -0.379 e. The summed E-state index contributed by atoms with van der Waals surface area (Å²) in [6.07, 6.45) is 6.85. The van der Waals surface area contributed by atoms with Crippen molar-refractivity contribution in [3.05, 3.63) is 54.4 Å². The lowest BCUT2D eigenvalue weighted by molar-refractivity contribution is -0.111. The number of aromatic nitrogens is 2. The minimum atomic E-state index is -0.161. The van der Waals surface area contributed by atoms with Crippen molar-refractivity contribution >= 4 is 17.7 Å². The summed E-state index contributed by atoms with van der Waals surface area (Å²) in [6, 6.07) is 9.73. The van der Waals surface area contributed by atoms with E-state index in [1.54, 1.807) is 12.3 Å². The number of ether oxygens (including phenoxy) is 1. The van der Waals surface area contributed by atoms with Crippen molar-refractivity contribution in [3.8, 4) is 0 Å². The van der Waals surface area contributed by atoms with E-state index >= 15 is 0 Å². The van der Waals surface area contributed by atoms with Crippen LogP contribution in [0.5, 0.6) is 0 Å². The van der Waals surface area contributed by atoms with E-state index in [4.69, 9.17) is 4.74 Å². The maximum absolute atomic E-state index is 11.9. The Morgan fingerprint density at radius 1 is 1.21 bits per heavy atom. The smallest absolute Gasteiger partial charge is 0.248 e. The highest BCUT2D eigenvalue weighted by Crippen LogP contribution is 2.07.